The molecule has 2 heteroatoms. The zero-order valence-electron chi connectivity index (χ0n) is 23.6. The molecule has 3 rings (SSSR count). The fourth-order valence-corrected chi connectivity index (χ4v) is 10.1. The van der Waals surface area contributed by atoms with E-state index in [1.54, 1.807) is 0 Å². The first-order valence-electron chi connectivity index (χ1n) is 14.3. The van der Waals surface area contributed by atoms with Crippen molar-refractivity contribution in [1.82, 2.24) is 0 Å². The molecule has 0 aromatic heterocycles. The molecule has 0 fully saturated rings. The number of hydrogen-bond donors (Lipinski definition) is 0. The number of benzene rings is 3. The molecule has 0 spiro atoms. The van der Waals surface area contributed by atoms with Crippen LogP contribution in [0, 0.1) is 27.7 Å². The maximum Gasteiger partial charge on any atom is 0.247 e. The van der Waals surface area contributed by atoms with Crippen molar-refractivity contribution in [3.63, 3.8) is 0 Å². The van der Waals surface area contributed by atoms with Crippen molar-refractivity contribution >= 4 is 34.0 Å². The monoisotopic (exact) mass is 518 g/mol. The van der Waals surface area contributed by atoms with Crippen molar-refractivity contribution in [2.24, 2.45) is 0 Å². The Bertz CT molecular complexity index is 1010. The van der Waals surface area contributed by atoms with Gasteiger partial charge in [0.05, 0.1) is 0 Å². The van der Waals surface area contributed by atoms with Gasteiger partial charge < -0.3 is 0 Å². The number of unbranched alkanes of at least 4 members (excludes halogenated alkanes) is 6. The lowest BCUT2D eigenvalue weighted by Gasteiger charge is -2.29. The van der Waals surface area contributed by atoms with Crippen LogP contribution < -0.4 is 15.6 Å². The minimum absolute atomic E-state index is 1.15. The van der Waals surface area contributed by atoms with Gasteiger partial charge >= 0.3 is 0 Å². The minimum Gasteiger partial charge on any atom is -0.149 e. The van der Waals surface area contributed by atoms with E-state index in [1.807, 2.05) is 0 Å². The Balaban J connectivity index is 2.16. The van der Waals surface area contributed by atoms with Gasteiger partial charge in [-0.1, -0.05) is 129 Å². The van der Waals surface area contributed by atoms with Crippen LogP contribution in [0.5, 0.6) is 0 Å². The van der Waals surface area contributed by atoms with E-state index in [2.05, 4.69) is 96.1 Å². The second kappa shape index (κ2) is 13.6. The maximum absolute atomic E-state index is 8.05. The Morgan fingerprint density at radius 3 is 1.19 bits per heavy atom. The summed E-state index contributed by atoms with van der Waals surface area (Å²) in [6.45, 7) is 13.4. The maximum atomic E-state index is 8.05. The standard InChI is InChI=1S/C34H47ClSi/c1-7-9-11-13-15-30-23-31(16-14-12-10-8-2)25-34(24-30)36(35,32-19-26(3)17-27(4)20-32)33-21-28(5)18-29(6)22-33/h17-25H,7-16H2,1-6H3. The predicted molar refractivity (Wildman–Crippen MR) is 164 cm³/mol. The summed E-state index contributed by atoms with van der Waals surface area (Å²) in [5.41, 5.74) is 8.12. The van der Waals surface area contributed by atoms with Gasteiger partial charge in [0.25, 0.3) is 0 Å². The van der Waals surface area contributed by atoms with E-state index in [1.165, 1.54) is 100 Å². The first-order valence-corrected chi connectivity index (χ1v) is 17.3. The van der Waals surface area contributed by atoms with Crippen LogP contribution in [0.15, 0.2) is 54.6 Å². The highest BCUT2D eigenvalue weighted by atomic mass is 35.6. The van der Waals surface area contributed by atoms with Crippen molar-refractivity contribution in [3.05, 3.63) is 88.0 Å². The third kappa shape index (κ3) is 7.59. The normalized spacial score (nSPS) is 11.8. The number of hydrogen-bond acceptors (Lipinski definition) is 0. The van der Waals surface area contributed by atoms with Crippen LogP contribution in [0.1, 0.15) is 98.6 Å². The van der Waals surface area contributed by atoms with E-state index in [9.17, 15) is 0 Å². The van der Waals surface area contributed by atoms with Crippen LogP contribution in [0.4, 0.5) is 0 Å². The molecular weight excluding hydrogens is 472 g/mol. The van der Waals surface area contributed by atoms with Crippen molar-refractivity contribution in [2.45, 2.75) is 106 Å². The second-order valence-electron chi connectivity index (χ2n) is 11.1. The highest BCUT2D eigenvalue weighted by molar-refractivity contribution is 7.40. The Morgan fingerprint density at radius 1 is 0.472 bits per heavy atom. The summed E-state index contributed by atoms with van der Waals surface area (Å²) < 4.78 is 0. The Morgan fingerprint density at radius 2 is 0.833 bits per heavy atom. The van der Waals surface area contributed by atoms with Gasteiger partial charge in [-0.2, -0.15) is 0 Å². The Labute approximate surface area is 227 Å². The quantitative estimate of drug-likeness (QED) is 0.0922. The second-order valence-corrected chi connectivity index (χ2v) is 15.8. The van der Waals surface area contributed by atoms with Crippen LogP contribution in [-0.4, -0.2) is 7.38 Å². The SMILES string of the molecule is CCCCCCc1cc(CCCCCC)cc([Si](Cl)(c2cc(C)cc(C)c2)c2cc(C)cc(C)c2)c1. The minimum atomic E-state index is -2.70. The molecule has 0 saturated carbocycles. The lowest BCUT2D eigenvalue weighted by Crippen LogP contribution is -2.63. The van der Waals surface area contributed by atoms with Crippen LogP contribution in [0.25, 0.3) is 0 Å². The van der Waals surface area contributed by atoms with Gasteiger partial charge in [0, 0.05) is 0 Å². The molecule has 0 amide bonds. The lowest BCUT2D eigenvalue weighted by atomic mass is 10.0. The first-order chi connectivity index (χ1) is 17.3. The van der Waals surface area contributed by atoms with Crippen LogP contribution >= 0.6 is 11.1 Å². The molecule has 0 unspecified atom stereocenters. The van der Waals surface area contributed by atoms with Crippen molar-refractivity contribution in [2.75, 3.05) is 0 Å². The van der Waals surface area contributed by atoms with E-state index in [-0.39, 0.29) is 0 Å². The van der Waals surface area contributed by atoms with Crippen LogP contribution in [0.3, 0.4) is 0 Å². The fourth-order valence-electron chi connectivity index (χ4n) is 5.61. The summed E-state index contributed by atoms with van der Waals surface area (Å²) in [6.07, 6.45) is 12.6. The largest absolute Gasteiger partial charge is 0.247 e. The third-order valence-electron chi connectivity index (χ3n) is 7.33. The molecule has 0 heterocycles. The van der Waals surface area contributed by atoms with Crippen molar-refractivity contribution < 1.29 is 0 Å². The van der Waals surface area contributed by atoms with Crippen molar-refractivity contribution in [1.29, 1.82) is 0 Å². The van der Waals surface area contributed by atoms with E-state index in [0.717, 1.165) is 12.8 Å². The number of rotatable bonds is 13. The molecule has 0 aliphatic carbocycles. The molecule has 0 saturated heterocycles. The third-order valence-corrected chi connectivity index (χ3v) is 12.5. The molecule has 194 valence electrons. The molecule has 3 aromatic carbocycles. The molecule has 0 bridgehead atoms. The van der Waals surface area contributed by atoms with Crippen molar-refractivity contribution in [3.8, 4) is 0 Å². The van der Waals surface area contributed by atoms with Gasteiger partial charge in [0.15, 0.2) is 0 Å². The van der Waals surface area contributed by atoms with Gasteiger partial charge in [0.1, 0.15) is 0 Å². The van der Waals surface area contributed by atoms with Gasteiger partial charge in [-0.3, -0.25) is 0 Å². The van der Waals surface area contributed by atoms with Gasteiger partial charge in [-0.15, -0.1) is 11.1 Å². The Hall–Kier alpha value is -1.83. The Kier molecular flexibility index (Phi) is 10.9. The van der Waals surface area contributed by atoms with Crippen LogP contribution in [0.2, 0.25) is 0 Å². The van der Waals surface area contributed by atoms with Gasteiger partial charge in [-0.05, 0) is 80.1 Å². The predicted octanol–water partition coefficient (Wildman–Crippen LogP) is 8.37. The van der Waals surface area contributed by atoms with Gasteiger partial charge in [-0.25, -0.2) is 0 Å². The molecule has 36 heavy (non-hydrogen) atoms. The summed E-state index contributed by atoms with van der Waals surface area (Å²) in [5.74, 6) is 0. The van der Waals surface area contributed by atoms with E-state index in [0.29, 0.717) is 0 Å². The smallest absolute Gasteiger partial charge is 0.149 e. The highest BCUT2D eigenvalue weighted by Gasteiger charge is 2.39. The lowest BCUT2D eigenvalue weighted by molar-refractivity contribution is 0.661. The van der Waals surface area contributed by atoms with Crippen LogP contribution in [-0.2, 0) is 12.8 Å². The fraction of sp³-hybridized carbons (Fsp3) is 0.471. The van der Waals surface area contributed by atoms with E-state index in [4.69, 9.17) is 11.1 Å². The molecule has 3 aromatic rings. The summed E-state index contributed by atoms with van der Waals surface area (Å²) in [5, 5.41) is 3.98. The summed E-state index contributed by atoms with van der Waals surface area (Å²) >= 11 is 8.05. The van der Waals surface area contributed by atoms with E-state index >= 15 is 0 Å². The number of halogens is 1. The van der Waals surface area contributed by atoms with E-state index < -0.39 is 7.38 Å². The summed E-state index contributed by atoms with van der Waals surface area (Å²) in [7, 11) is -2.70. The molecule has 0 N–H and O–H groups in total. The average molecular weight is 519 g/mol. The van der Waals surface area contributed by atoms with Gasteiger partial charge in [0.2, 0.25) is 7.38 Å². The summed E-state index contributed by atoms with van der Waals surface area (Å²) in [4.78, 5) is 0. The number of aryl methyl sites for hydroxylation is 6. The average Bonchev–Trinajstić information content (AvgIpc) is 2.83. The topological polar surface area (TPSA) is 0 Å². The molecule has 0 radical (unpaired) electrons. The highest BCUT2D eigenvalue weighted by Crippen LogP contribution is 2.20. The summed E-state index contributed by atoms with van der Waals surface area (Å²) in [6, 6.07) is 21.3. The molecule has 0 atom stereocenters. The molecular formula is C34H47ClSi. The zero-order valence-corrected chi connectivity index (χ0v) is 25.4. The molecule has 0 nitrogen and oxygen atoms in total. The molecule has 0 aliphatic rings. The first kappa shape index (κ1) is 28.7. The molecule has 0 aliphatic heterocycles. The zero-order chi connectivity index (χ0) is 26.1.